The van der Waals surface area contributed by atoms with Crippen LogP contribution in [0.3, 0.4) is 0 Å². The number of esters is 2. The molecule has 0 aromatic rings. The van der Waals surface area contributed by atoms with Crippen LogP contribution in [0.25, 0.3) is 0 Å². The lowest BCUT2D eigenvalue weighted by Gasteiger charge is -2.27. The van der Waals surface area contributed by atoms with Crippen molar-refractivity contribution in [2.45, 2.75) is 59.2 Å². The van der Waals surface area contributed by atoms with Gasteiger partial charge in [0.05, 0.1) is 5.92 Å². The summed E-state index contributed by atoms with van der Waals surface area (Å²) in [7, 11) is 0. The number of ether oxygens (including phenoxy) is 2. The fourth-order valence-corrected chi connectivity index (χ4v) is 3.15. The van der Waals surface area contributed by atoms with Gasteiger partial charge in [-0.15, -0.1) is 0 Å². The van der Waals surface area contributed by atoms with Crippen LogP contribution in [-0.4, -0.2) is 24.1 Å². The minimum atomic E-state index is -0.463. The molecule has 1 aliphatic heterocycles. The molecule has 3 atom stereocenters. The Morgan fingerprint density at radius 1 is 1.33 bits per heavy atom. The minimum absolute atomic E-state index is 0.344. The maximum Gasteiger partial charge on any atom is 0.334 e. The summed E-state index contributed by atoms with van der Waals surface area (Å²) < 4.78 is 11.2. The van der Waals surface area contributed by atoms with E-state index in [0.717, 1.165) is 29.6 Å². The topological polar surface area (TPSA) is 52.6 Å². The number of allylic oxidation sites excluding steroid dienone is 3. The van der Waals surface area contributed by atoms with Crippen LogP contribution in [0.2, 0.25) is 0 Å². The van der Waals surface area contributed by atoms with Gasteiger partial charge in [0.1, 0.15) is 12.2 Å². The molecule has 0 aromatic carbocycles. The van der Waals surface area contributed by atoms with Crippen LogP contribution < -0.4 is 0 Å². The Kier molecular flexibility index (Phi) is 5.81. The molecule has 0 bridgehead atoms. The second-order valence-corrected chi connectivity index (χ2v) is 6.92. The summed E-state index contributed by atoms with van der Waals surface area (Å²) in [6.45, 7) is 11.6. The lowest BCUT2D eigenvalue weighted by molar-refractivity contribution is -0.146. The van der Waals surface area contributed by atoms with Crippen molar-refractivity contribution in [1.82, 2.24) is 0 Å². The van der Waals surface area contributed by atoms with Gasteiger partial charge in [0, 0.05) is 18.1 Å². The number of hydrogen-bond acceptors (Lipinski definition) is 4. The van der Waals surface area contributed by atoms with E-state index < -0.39 is 24.1 Å². The van der Waals surface area contributed by atoms with Crippen molar-refractivity contribution in [3.8, 4) is 0 Å². The fourth-order valence-electron chi connectivity index (χ4n) is 3.15. The van der Waals surface area contributed by atoms with Crippen LogP contribution in [0.4, 0.5) is 0 Å². The zero-order valence-corrected chi connectivity index (χ0v) is 14.9. The van der Waals surface area contributed by atoms with Crippen LogP contribution in [0.1, 0.15) is 47.0 Å². The Labute approximate surface area is 143 Å². The van der Waals surface area contributed by atoms with Crippen molar-refractivity contribution < 1.29 is 19.1 Å². The van der Waals surface area contributed by atoms with Gasteiger partial charge >= 0.3 is 11.9 Å². The number of rotatable bonds is 2. The van der Waals surface area contributed by atoms with Crippen LogP contribution in [0.5, 0.6) is 0 Å². The first kappa shape index (κ1) is 18.2. The van der Waals surface area contributed by atoms with E-state index in [0.29, 0.717) is 12.0 Å². The Hall–Kier alpha value is -2.10. The Morgan fingerprint density at radius 2 is 2.04 bits per heavy atom. The third kappa shape index (κ3) is 4.47. The molecule has 0 N–H and O–H groups in total. The van der Waals surface area contributed by atoms with Crippen LogP contribution in [0.15, 0.2) is 47.1 Å². The molecular formula is C20H26O4. The lowest BCUT2D eigenvalue weighted by atomic mass is 9.85. The average Bonchev–Trinajstić information content (AvgIpc) is 2.71. The Bertz CT molecular complexity index is 632. The Balaban J connectivity index is 2.36. The van der Waals surface area contributed by atoms with Gasteiger partial charge in [-0.25, -0.2) is 9.59 Å². The summed E-state index contributed by atoms with van der Waals surface area (Å²) in [6, 6.07) is 0. The van der Waals surface area contributed by atoms with Gasteiger partial charge in [-0.3, -0.25) is 0 Å². The molecule has 0 spiro atoms. The molecule has 1 heterocycles. The number of hydrogen-bond donors (Lipinski definition) is 0. The average molecular weight is 330 g/mol. The highest BCUT2D eigenvalue weighted by molar-refractivity contribution is 5.91. The van der Waals surface area contributed by atoms with Crippen LogP contribution in [0, 0.1) is 5.92 Å². The van der Waals surface area contributed by atoms with E-state index in [2.05, 4.69) is 12.7 Å². The van der Waals surface area contributed by atoms with E-state index >= 15 is 0 Å². The van der Waals surface area contributed by atoms with Crippen molar-refractivity contribution in [1.29, 1.82) is 0 Å². The molecule has 130 valence electrons. The van der Waals surface area contributed by atoms with E-state index in [-0.39, 0.29) is 5.92 Å². The predicted molar refractivity (Wildman–Crippen MR) is 93.2 cm³/mol. The molecule has 1 aliphatic carbocycles. The highest BCUT2D eigenvalue weighted by Crippen LogP contribution is 2.36. The second-order valence-electron chi connectivity index (χ2n) is 6.92. The summed E-state index contributed by atoms with van der Waals surface area (Å²) in [6.07, 6.45) is 7.15. The molecule has 2 aliphatic rings. The monoisotopic (exact) mass is 330 g/mol. The number of carbonyl (C=O) groups excluding carboxylic acids is 2. The zero-order chi connectivity index (χ0) is 17.9. The lowest BCUT2D eigenvalue weighted by Crippen LogP contribution is -2.33. The van der Waals surface area contributed by atoms with Crippen molar-refractivity contribution in [2.24, 2.45) is 5.92 Å². The van der Waals surface area contributed by atoms with E-state index in [9.17, 15) is 9.59 Å². The molecule has 0 radical (unpaired) electrons. The Morgan fingerprint density at radius 3 is 2.71 bits per heavy atom. The van der Waals surface area contributed by atoms with Gasteiger partial charge in [-0.2, -0.15) is 0 Å². The molecule has 0 unspecified atom stereocenters. The molecule has 0 aromatic heterocycles. The van der Waals surface area contributed by atoms with E-state index in [1.807, 2.05) is 33.8 Å². The maximum absolute atomic E-state index is 12.1. The van der Waals surface area contributed by atoms with Gasteiger partial charge in [0.2, 0.25) is 0 Å². The van der Waals surface area contributed by atoms with Crippen LogP contribution >= 0.6 is 0 Å². The van der Waals surface area contributed by atoms with E-state index in [1.54, 1.807) is 0 Å². The van der Waals surface area contributed by atoms with E-state index in [1.165, 1.54) is 6.08 Å². The number of carbonyl (C=O) groups is 2. The van der Waals surface area contributed by atoms with Crippen LogP contribution in [-0.2, 0) is 19.1 Å². The quantitative estimate of drug-likeness (QED) is 0.436. The normalized spacial score (nSPS) is 31.8. The zero-order valence-electron chi connectivity index (χ0n) is 14.9. The first-order valence-electron chi connectivity index (χ1n) is 8.36. The summed E-state index contributed by atoms with van der Waals surface area (Å²) in [5.74, 6) is -1.14. The van der Waals surface area contributed by atoms with Gasteiger partial charge < -0.3 is 9.47 Å². The first-order chi connectivity index (χ1) is 11.3. The molecule has 4 heteroatoms. The summed E-state index contributed by atoms with van der Waals surface area (Å²) in [5.41, 5.74) is 3.56. The molecule has 0 saturated carbocycles. The van der Waals surface area contributed by atoms with Gasteiger partial charge in [-0.05, 0) is 46.6 Å². The van der Waals surface area contributed by atoms with Crippen molar-refractivity contribution in [3.05, 3.63) is 47.1 Å². The third-order valence-electron chi connectivity index (χ3n) is 4.34. The summed E-state index contributed by atoms with van der Waals surface area (Å²) >= 11 is 0. The smallest absolute Gasteiger partial charge is 0.334 e. The highest BCUT2D eigenvalue weighted by atomic mass is 16.6. The van der Waals surface area contributed by atoms with Crippen molar-refractivity contribution in [3.63, 3.8) is 0 Å². The van der Waals surface area contributed by atoms with Crippen molar-refractivity contribution in [2.75, 3.05) is 0 Å². The van der Waals surface area contributed by atoms with Gasteiger partial charge in [-0.1, -0.05) is 29.4 Å². The first-order valence-corrected chi connectivity index (χ1v) is 8.36. The number of fused-ring (bicyclic) bond motifs is 1. The van der Waals surface area contributed by atoms with Gasteiger partial charge in [0.15, 0.2) is 0 Å². The molecule has 1 saturated heterocycles. The highest BCUT2D eigenvalue weighted by Gasteiger charge is 2.44. The van der Waals surface area contributed by atoms with E-state index in [4.69, 9.17) is 9.47 Å². The standard InChI is InChI=1S/C20H26O4/c1-12(2)9-18(21)23-16-10-13(3)7-6-8-14(4)11-17-19(16)15(5)20(22)24-17/h7,9,11,16-17,19H,5-6,8,10H2,1-4H3/b13-7-,14-11-/t16-,17-,19+/m0/s1. The molecule has 4 nitrogen and oxygen atoms in total. The predicted octanol–water partition coefficient (Wildman–Crippen LogP) is 4.04. The van der Waals surface area contributed by atoms with Gasteiger partial charge in [0.25, 0.3) is 0 Å². The third-order valence-corrected chi connectivity index (χ3v) is 4.34. The molecule has 2 rings (SSSR count). The molecule has 0 amide bonds. The fraction of sp³-hybridized carbons (Fsp3) is 0.500. The maximum atomic E-state index is 12.1. The SMILES string of the molecule is C=C1C(=O)O[C@H]2/C=C(/C)CC/C=C(/C)C[C@H](OC(=O)C=C(C)C)[C@@H]12. The molecule has 1 fully saturated rings. The summed E-state index contributed by atoms with van der Waals surface area (Å²) in [4.78, 5) is 24.1. The van der Waals surface area contributed by atoms with Crippen molar-refractivity contribution >= 4 is 11.9 Å². The molecular weight excluding hydrogens is 304 g/mol. The molecule has 24 heavy (non-hydrogen) atoms. The largest absolute Gasteiger partial charge is 0.458 e. The second kappa shape index (κ2) is 7.65. The minimum Gasteiger partial charge on any atom is -0.458 e. The summed E-state index contributed by atoms with van der Waals surface area (Å²) in [5, 5.41) is 0.